The first-order valence-electron chi connectivity index (χ1n) is 11.0. The number of carbonyl (C=O) groups excluding carboxylic acids is 1. The van der Waals surface area contributed by atoms with Gasteiger partial charge in [-0.1, -0.05) is 39.0 Å². The van der Waals surface area contributed by atoms with E-state index < -0.39 is 38.1 Å². The topological polar surface area (TPSA) is 77.2 Å². The predicted octanol–water partition coefficient (Wildman–Crippen LogP) is 6.28. The van der Waals surface area contributed by atoms with Gasteiger partial charge in [-0.3, -0.25) is 9.78 Å². The van der Waals surface area contributed by atoms with E-state index in [4.69, 9.17) is 10.2 Å². The van der Waals surface area contributed by atoms with Gasteiger partial charge >= 0.3 is 6.18 Å². The minimum atomic E-state index is -4.46. The van der Waals surface area contributed by atoms with Crippen LogP contribution in [0.15, 0.2) is 60.8 Å². The lowest BCUT2D eigenvalue weighted by atomic mass is 10.0. The van der Waals surface area contributed by atoms with Crippen molar-refractivity contribution in [3.8, 4) is 0 Å². The molecule has 0 spiro atoms. The van der Waals surface area contributed by atoms with E-state index in [1.807, 2.05) is 39.9 Å². The van der Waals surface area contributed by atoms with Crippen molar-refractivity contribution in [2.24, 2.45) is 5.73 Å². The van der Waals surface area contributed by atoms with Crippen molar-refractivity contribution in [1.82, 2.24) is 4.98 Å². The maximum Gasteiger partial charge on any atom is 0.416 e. The lowest BCUT2D eigenvalue weighted by molar-refractivity contribution is -0.137. The number of pyridine rings is 1. The molecule has 3 rings (SSSR count). The van der Waals surface area contributed by atoms with Crippen LogP contribution in [0, 0.1) is 0 Å². The molecular formula is C25H30F3N3O2Si. The summed E-state index contributed by atoms with van der Waals surface area (Å²) in [4.78, 5) is 17.4. The van der Waals surface area contributed by atoms with E-state index in [1.54, 1.807) is 30.5 Å². The summed E-state index contributed by atoms with van der Waals surface area (Å²) in [5.41, 5.74) is 7.35. The number of aromatic nitrogens is 1. The molecule has 1 amide bonds. The molecule has 0 aliphatic carbocycles. The zero-order valence-electron chi connectivity index (χ0n) is 19.9. The van der Waals surface area contributed by atoms with Gasteiger partial charge in [0.05, 0.1) is 17.2 Å². The number of nitrogens with two attached hydrogens (primary N) is 1. The highest BCUT2D eigenvalue weighted by molar-refractivity contribution is 6.74. The summed E-state index contributed by atoms with van der Waals surface area (Å²) < 4.78 is 45.7. The number of fused-ring (bicyclic) bond motifs is 1. The number of carbonyl (C=O) groups is 1. The number of benzene rings is 2. The Labute approximate surface area is 198 Å². The Morgan fingerprint density at radius 2 is 1.71 bits per heavy atom. The second kappa shape index (κ2) is 9.48. The molecule has 182 valence electrons. The van der Waals surface area contributed by atoms with Gasteiger partial charge in [-0.2, -0.15) is 13.2 Å². The van der Waals surface area contributed by atoms with Crippen LogP contribution in [0.5, 0.6) is 0 Å². The van der Waals surface area contributed by atoms with Crippen LogP contribution < -0.4 is 11.1 Å². The van der Waals surface area contributed by atoms with Gasteiger partial charge in [-0.25, -0.2) is 0 Å². The van der Waals surface area contributed by atoms with E-state index in [0.29, 0.717) is 11.3 Å². The van der Waals surface area contributed by atoms with Crippen molar-refractivity contribution < 1.29 is 22.4 Å². The average Bonchev–Trinajstić information content (AvgIpc) is 2.75. The molecule has 1 aromatic heterocycles. The minimum Gasteiger partial charge on any atom is -0.408 e. The third-order valence-electron chi connectivity index (χ3n) is 6.29. The second-order valence-electron chi connectivity index (χ2n) is 9.84. The van der Waals surface area contributed by atoms with E-state index in [-0.39, 0.29) is 5.04 Å². The number of nitrogens with zero attached hydrogens (tertiary/aromatic N) is 1. The summed E-state index contributed by atoms with van der Waals surface area (Å²) in [6, 6.07) is 12.5. The molecule has 2 aromatic carbocycles. The monoisotopic (exact) mass is 489 g/mol. The molecule has 3 N–H and O–H groups in total. The first-order valence-corrected chi connectivity index (χ1v) is 13.9. The highest BCUT2D eigenvalue weighted by atomic mass is 28.4. The van der Waals surface area contributed by atoms with Crippen molar-refractivity contribution >= 4 is 30.8 Å². The second-order valence-corrected chi connectivity index (χ2v) is 14.6. The van der Waals surface area contributed by atoms with Crippen molar-refractivity contribution in [3.63, 3.8) is 0 Å². The summed E-state index contributed by atoms with van der Waals surface area (Å²) in [6.45, 7) is 10.1. The van der Waals surface area contributed by atoms with E-state index in [9.17, 15) is 18.0 Å². The number of halogens is 3. The van der Waals surface area contributed by atoms with E-state index >= 15 is 0 Å². The average molecular weight is 490 g/mol. The first-order chi connectivity index (χ1) is 15.7. The van der Waals surface area contributed by atoms with Crippen LogP contribution in [0.2, 0.25) is 18.1 Å². The molecule has 3 aromatic rings. The molecule has 5 nitrogen and oxygen atoms in total. The number of hydrogen-bond donors (Lipinski definition) is 2. The zero-order valence-corrected chi connectivity index (χ0v) is 20.9. The quantitative estimate of drug-likeness (QED) is 0.399. The van der Waals surface area contributed by atoms with E-state index in [2.05, 4.69) is 10.3 Å². The van der Waals surface area contributed by atoms with Crippen LogP contribution in [0.1, 0.15) is 38.0 Å². The summed E-state index contributed by atoms with van der Waals surface area (Å²) in [5.74, 6) is -0.494. The summed E-state index contributed by atoms with van der Waals surface area (Å²) >= 11 is 0. The number of amides is 1. The lowest BCUT2D eigenvalue weighted by Crippen LogP contribution is -2.49. The molecule has 0 bridgehead atoms. The number of nitrogens with one attached hydrogen (secondary N) is 1. The van der Waals surface area contributed by atoms with Gasteiger partial charge in [0, 0.05) is 17.3 Å². The SMILES string of the molecule is CC(C)(C)[Si](C)(C)O[C@H](c1ccc(C(F)(F)F)cc1)[C@H](N)C(=O)Nc1ccc2ncccc2c1. The van der Waals surface area contributed by atoms with Crippen LogP contribution in [0.3, 0.4) is 0 Å². The molecule has 0 fully saturated rings. The highest BCUT2D eigenvalue weighted by Gasteiger charge is 2.42. The number of hydrogen-bond acceptors (Lipinski definition) is 4. The smallest absolute Gasteiger partial charge is 0.408 e. The third kappa shape index (κ3) is 5.83. The largest absolute Gasteiger partial charge is 0.416 e. The molecule has 0 saturated heterocycles. The van der Waals surface area contributed by atoms with E-state index in [0.717, 1.165) is 23.0 Å². The maximum absolute atomic E-state index is 13.1. The molecule has 2 atom stereocenters. The Bertz CT molecular complexity index is 1160. The maximum atomic E-state index is 13.1. The Kier molecular flexibility index (Phi) is 7.21. The van der Waals surface area contributed by atoms with Gasteiger partial charge in [0.25, 0.3) is 0 Å². The van der Waals surface area contributed by atoms with Crippen LogP contribution in [-0.4, -0.2) is 25.3 Å². The molecule has 0 aliphatic heterocycles. The molecule has 0 radical (unpaired) electrons. The van der Waals surface area contributed by atoms with Crippen LogP contribution in [0.4, 0.5) is 18.9 Å². The van der Waals surface area contributed by atoms with Crippen LogP contribution in [-0.2, 0) is 15.4 Å². The highest BCUT2D eigenvalue weighted by Crippen LogP contribution is 2.41. The first kappa shape index (κ1) is 25.9. The predicted molar refractivity (Wildman–Crippen MR) is 131 cm³/mol. The number of rotatable bonds is 6. The van der Waals surface area contributed by atoms with Gasteiger partial charge in [0.2, 0.25) is 5.91 Å². The van der Waals surface area contributed by atoms with Crippen molar-refractivity contribution in [2.45, 2.75) is 57.2 Å². The molecule has 9 heteroatoms. The molecular weight excluding hydrogens is 459 g/mol. The van der Waals surface area contributed by atoms with Crippen molar-refractivity contribution in [3.05, 3.63) is 71.9 Å². The lowest BCUT2D eigenvalue weighted by Gasteiger charge is -2.40. The summed E-state index contributed by atoms with van der Waals surface area (Å²) in [7, 11) is -2.43. The zero-order chi connectivity index (χ0) is 25.3. The van der Waals surface area contributed by atoms with Crippen molar-refractivity contribution in [2.75, 3.05) is 5.32 Å². The molecule has 34 heavy (non-hydrogen) atoms. The molecule has 0 aliphatic rings. The van der Waals surface area contributed by atoms with E-state index in [1.165, 1.54) is 12.1 Å². The van der Waals surface area contributed by atoms with Gasteiger partial charge in [0.1, 0.15) is 6.04 Å². The molecule has 0 saturated carbocycles. The van der Waals surface area contributed by atoms with Gasteiger partial charge in [0.15, 0.2) is 8.32 Å². The Hall–Kier alpha value is -2.75. The molecule has 1 heterocycles. The summed E-state index contributed by atoms with van der Waals surface area (Å²) in [6.07, 6.45) is -3.69. The van der Waals surface area contributed by atoms with Gasteiger partial charge in [-0.15, -0.1) is 0 Å². The van der Waals surface area contributed by atoms with Crippen LogP contribution >= 0.6 is 0 Å². The Balaban J connectivity index is 1.91. The normalized spacial score (nSPS) is 14.6. The number of alkyl halides is 3. The third-order valence-corrected chi connectivity index (χ3v) is 10.7. The Morgan fingerprint density at radius 3 is 2.29 bits per heavy atom. The fourth-order valence-electron chi connectivity index (χ4n) is 3.22. The standard InChI is InChI=1S/C25H30F3N3O2Si/c1-24(2,3)34(4,5)33-22(16-8-10-18(11-9-16)25(26,27)28)21(29)23(32)31-19-12-13-20-17(15-19)7-6-14-30-20/h6-15,21-22H,29H2,1-5H3,(H,31,32)/t21-,22+/m0/s1. The van der Waals surface area contributed by atoms with Crippen molar-refractivity contribution in [1.29, 1.82) is 0 Å². The fraction of sp³-hybridized carbons (Fsp3) is 0.360. The van der Waals surface area contributed by atoms with Gasteiger partial charge < -0.3 is 15.5 Å². The number of anilines is 1. The van der Waals surface area contributed by atoms with Gasteiger partial charge in [-0.05, 0) is 60.1 Å². The Morgan fingerprint density at radius 1 is 1.06 bits per heavy atom. The fourth-order valence-corrected chi connectivity index (χ4v) is 4.49. The molecule has 0 unspecified atom stereocenters. The van der Waals surface area contributed by atoms with Crippen LogP contribution in [0.25, 0.3) is 10.9 Å². The minimum absolute atomic E-state index is 0.196. The summed E-state index contributed by atoms with van der Waals surface area (Å²) in [5, 5.41) is 3.46.